The molecule has 0 aliphatic heterocycles. The van der Waals surface area contributed by atoms with E-state index < -0.39 is 5.91 Å². The van der Waals surface area contributed by atoms with E-state index in [1.165, 1.54) is 19.2 Å². The number of nitriles is 1. The lowest BCUT2D eigenvalue weighted by Gasteiger charge is -2.14. The summed E-state index contributed by atoms with van der Waals surface area (Å²) in [6.07, 6.45) is 0. The van der Waals surface area contributed by atoms with E-state index in [0.717, 1.165) is 0 Å². The number of primary amides is 1. The summed E-state index contributed by atoms with van der Waals surface area (Å²) in [7, 11) is 1.50. The van der Waals surface area contributed by atoms with Gasteiger partial charge in [-0.1, -0.05) is 6.07 Å². The minimum Gasteiger partial charge on any atom is -0.495 e. The molecule has 0 saturated heterocycles. The third-order valence-electron chi connectivity index (χ3n) is 2.96. The summed E-state index contributed by atoms with van der Waals surface area (Å²) in [6, 6.07) is 11.8. The molecule has 0 unspecified atom stereocenters. The van der Waals surface area contributed by atoms with Gasteiger partial charge in [-0.25, -0.2) is 0 Å². The Kier molecular flexibility index (Phi) is 3.95. The molecule has 2 aromatic rings. The minimum absolute atomic E-state index is 0.320. The molecule has 0 fully saturated rings. The third kappa shape index (κ3) is 2.87. The van der Waals surface area contributed by atoms with Gasteiger partial charge in [0.2, 0.25) is 5.91 Å². The number of nitrogens with one attached hydrogen (secondary N) is 1. The fourth-order valence-electron chi connectivity index (χ4n) is 1.88. The van der Waals surface area contributed by atoms with Gasteiger partial charge in [0, 0.05) is 5.56 Å². The molecule has 0 radical (unpaired) electrons. The van der Waals surface area contributed by atoms with Crippen molar-refractivity contribution in [3.63, 3.8) is 0 Å². The Labute approximate surface area is 121 Å². The van der Waals surface area contributed by atoms with Crippen LogP contribution in [0.2, 0.25) is 0 Å². The number of amides is 1. The SMILES string of the molecule is COc1cccc(C#N)c1Nc1cc(C(N)=O)ccc1N. The number of benzene rings is 2. The van der Waals surface area contributed by atoms with E-state index in [1.54, 1.807) is 24.3 Å². The first-order valence-corrected chi connectivity index (χ1v) is 6.10. The van der Waals surface area contributed by atoms with E-state index in [4.69, 9.17) is 16.2 Å². The fraction of sp³-hybridized carbons (Fsp3) is 0.0667. The molecule has 2 aromatic carbocycles. The molecule has 0 aliphatic carbocycles. The number of carbonyl (C=O) groups excluding carboxylic acids is 1. The summed E-state index contributed by atoms with van der Waals surface area (Å²) >= 11 is 0. The van der Waals surface area contributed by atoms with Gasteiger partial charge in [-0.2, -0.15) is 5.26 Å². The molecule has 2 rings (SSSR count). The van der Waals surface area contributed by atoms with Gasteiger partial charge in [-0.3, -0.25) is 4.79 Å². The number of nitrogens with zero attached hydrogens (tertiary/aromatic N) is 1. The molecule has 106 valence electrons. The summed E-state index contributed by atoms with van der Waals surface area (Å²) in [5, 5.41) is 12.2. The summed E-state index contributed by atoms with van der Waals surface area (Å²) in [5.74, 6) is -0.0588. The van der Waals surface area contributed by atoms with Crippen LogP contribution in [0, 0.1) is 11.3 Å². The van der Waals surface area contributed by atoms with Crippen molar-refractivity contribution in [2.75, 3.05) is 18.2 Å². The van der Waals surface area contributed by atoms with Gasteiger partial charge in [0.15, 0.2) is 0 Å². The molecule has 0 saturated carbocycles. The lowest BCUT2D eigenvalue weighted by atomic mass is 10.1. The van der Waals surface area contributed by atoms with Crippen LogP contribution >= 0.6 is 0 Å². The number of nitrogen functional groups attached to an aromatic ring is 1. The number of nitrogens with two attached hydrogens (primary N) is 2. The Hall–Kier alpha value is -3.20. The molecule has 6 heteroatoms. The number of para-hydroxylation sites is 1. The maximum Gasteiger partial charge on any atom is 0.248 e. The lowest BCUT2D eigenvalue weighted by molar-refractivity contribution is 0.100. The zero-order valence-electron chi connectivity index (χ0n) is 11.4. The molecule has 0 heterocycles. The number of hydrogen-bond acceptors (Lipinski definition) is 5. The largest absolute Gasteiger partial charge is 0.495 e. The number of ether oxygens (including phenoxy) is 1. The van der Waals surface area contributed by atoms with Gasteiger partial charge in [-0.05, 0) is 30.3 Å². The van der Waals surface area contributed by atoms with Crippen molar-refractivity contribution >= 4 is 23.0 Å². The van der Waals surface area contributed by atoms with Crippen LogP contribution < -0.4 is 21.5 Å². The number of carbonyl (C=O) groups is 1. The standard InChI is InChI=1S/C15H14N4O2/c1-21-13-4-2-3-10(8-16)14(13)19-12-7-9(15(18)20)5-6-11(12)17/h2-7,19H,17H2,1H3,(H2,18,20). The second kappa shape index (κ2) is 5.84. The fourth-order valence-corrected chi connectivity index (χ4v) is 1.88. The topological polar surface area (TPSA) is 114 Å². The van der Waals surface area contributed by atoms with Crippen molar-refractivity contribution in [1.82, 2.24) is 0 Å². The Bertz CT molecular complexity index is 735. The molecule has 0 atom stereocenters. The second-order valence-electron chi connectivity index (χ2n) is 4.29. The van der Waals surface area contributed by atoms with Crippen molar-refractivity contribution in [3.05, 3.63) is 47.5 Å². The van der Waals surface area contributed by atoms with Gasteiger partial charge in [-0.15, -0.1) is 0 Å². The predicted molar refractivity (Wildman–Crippen MR) is 80.4 cm³/mol. The van der Waals surface area contributed by atoms with Gasteiger partial charge in [0.1, 0.15) is 11.8 Å². The van der Waals surface area contributed by atoms with E-state index in [-0.39, 0.29) is 0 Å². The molecule has 5 N–H and O–H groups in total. The highest BCUT2D eigenvalue weighted by Crippen LogP contribution is 2.33. The third-order valence-corrected chi connectivity index (χ3v) is 2.96. The first-order valence-electron chi connectivity index (χ1n) is 6.10. The van der Waals surface area contributed by atoms with Crippen LogP contribution in [0.25, 0.3) is 0 Å². The molecule has 0 spiro atoms. The van der Waals surface area contributed by atoms with E-state index in [2.05, 4.69) is 11.4 Å². The average Bonchev–Trinajstić information content (AvgIpc) is 2.49. The van der Waals surface area contributed by atoms with Gasteiger partial charge < -0.3 is 21.5 Å². The predicted octanol–water partition coefficient (Wildman–Crippen LogP) is 1.99. The molecule has 0 bridgehead atoms. The Morgan fingerprint density at radius 2 is 2.10 bits per heavy atom. The van der Waals surface area contributed by atoms with Gasteiger partial charge >= 0.3 is 0 Å². The summed E-state index contributed by atoms with van der Waals surface area (Å²) in [5.41, 5.74) is 13.2. The highest BCUT2D eigenvalue weighted by molar-refractivity contribution is 5.95. The monoisotopic (exact) mass is 282 g/mol. The average molecular weight is 282 g/mol. The van der Waals surface area contributed by atoms with E-state index in [1.807, 2.05) is 0 Å². The van der Waals surface area contributed by atoms with Crippen LogP contribution in [0.15, 0.2) is 36.4 Å². The minimum atomic E-state index is -0.557. The Morgan fingerprint density at radius 3 is 2.71 bits per heavy atom. The number of rotatable bonds is 4. The Morgan fingerprint density at radius 1 is 1.33 bits per heavy atom. The van der Waals surface area contributed by atoms with Crippen molar-refractivity contribution in [1.29, 1.82) is 5.26 Å². The second-order valence-corrected chi connectivity index (χ2v) is 4.29. The van der Waals surface area contributed by atoms with Crippen LogP contribution in [0.5, 0.6) is 5.75 Å². The van der Waals surface area contributed by atoms with Crippen molar-refractivity contribution < 1.29 is 9.53 Å². The number of hydrogen-bond donors (Lipinski definition) is 3. The lowest BCUT2D eigenvalue weighted by Crippen LogP contribution is -2.11. The summed E-state index contributed by atoms with van der Waals surface area (Å²) in [6.45, 7) is 0. The number of methoxy groups -OCH3 is 1. The quantitative estimate of drug-likeness (QED) is 0.742. The summed E-state index contributed by atoms with van der Waals surface area (Å²) in [4.78, 5) is 11.2. The first-order chi connectivity index (χ1) is 10.1. The molecular weight excluding hydrogens is 268 g/mol. The van der Waals surface area contributed by atoms with Gasteiger partial charge in [0.25, 0.3) is 0 Å². The summed E-state index contributed by atoms with van der Waals surface area (Å²) < 4.78 is 5.23. The van der Waals surface area contributed by atoms with Crippen molar-refractivity contribution in [2.45, 2.75) is 0 Å². The molecule has 1 amide bonds. The smallest absolute Gasteiger partial charge is 0.248 e. The maximum absolute atomic E-state index is 11.2. The van der Waals surface area contributed by atoms with Crippen LogP contribution in [0.3, 0.4) is 0 Å². The van der Waals surface area contributed by atoms with E-state index in [0.29, 0.717) is 33.9 Å². The van der Waals surface area contributed by atoms with Crippen LogP contribution in [0.1, 0.15) is 15.9 Å². The first kappa shape index (κ1) is 14.2. The molecular formula is C15H14N4O2. The maximum atomic E-state index is 11.2. The highest BCUT2D eigenvalue weighted by atomic mass is 16.5. The molecule has 21 heavy (non-hydrogen) atoms. The zero-order valence-corrected chi connectivity index (χ0v) is 11.4. The van der Waals surface area contributed by atoms with Crippen molar-refractivity contribution in [3.8, 4) is 11.8 Å². The van der Waals surface area contributed by atoms with Crippen molar-refractivity contribution in [2.24, 2.45) is 5.73 Å². The van der Waals surface area contributed by atoms with Crippen LogP contribution in [0.4, 0.5) is 17.1 Å². The molecule has 0 aromatic heterocycles. The molecule has 0 aliphatic rings. The normalized spacial score (nSPS) is 9.71. The van der Waals surface area contributed by atoms with Crippen LogP contribution in [-0.4, -0.2) is 13.0 Å². The Balaban J connectivity index is 2.50. The van der Waals surface area contributed by atoms with E-state index in [9.17, 15) is 10.1 Å². The van der Waals surface area contributed by atoms with E-state index >= 15 is 0 Å². The molecule has 6 nitrogen and oxygen atoms in total. The highest BCUT2D eigenvalue weighted by Gasteiger charge is 2.12. The number of anilines is 3. The zero-order chi connectivity index (χ0) is 15.4. The van der Waals surface area contributed by atoms with Crippen LogP contribution in [-0.2, 0) is 0 Å². The van der Waals surface area contributed by atoms with Gasteiger partial charge in [0.05, 0.1) is 29.7 Å².